The van der Waals surface area contributed by atoms with Gasteiger partial charge in [0, 0.05) is 13.1 Å². The van der Waals surface area contributed by atoms with Crippen molar-refractivity contribution < 1.29 is 19.4 Å². The monoisotopic (exact) mass is 318 g/mol. The van der Waals surface area contributed by atoms with Crippen LogP contribution in [0.15, 0.2) is 29.7 Å². The Labute approximate surface area is 135 Å². The standard InChI is InChI=1S/C17H22N2O4/c1-5-23-14-9-13(20)15(14)18-12-8-6-7-11(16(12)21)17(22)19(4)10(2)3/h6-8,10,18,21H,5,9H2,1-4H3. The van der Waals surface area contributed by atoms with Crippen molar-refractivity contribution in [2.75, 3.05) is 19.0 Å². The highest BCUT2D eigenvalue weighted by molar-refractivity contribution is 6.07. The van der Waals surface area contributed by atoms with E-state index < -0.39 is 0 Å². The van der Waals surface area contributed by atoms with E-state index in [1.807, 2.05) is 20.8 Å². The van der Waals surface area contributed by atoms with E-state index in [1.165, 1.54) is 4.90 Å². The molecule has 0 fully saturated rings. The minimum absolute atomic E-state index is 0.0130. The predicted octanol–water partition coefficient (Wildman–Crippen LogP) is 2.51. The van der Waals surface area contributed by atoms with Crippen molar-refractivity contribution in [3.05, 3.63) is 35.2 Å². The molecule has 1 aromatic rings. The molecule has 2 N–H and O–H groups in total. The molecule has 0 aliphatic heterocycles. The Bertz CT molecular complexity index is 665. The van der Waals surface area contributed by atoms with Crippen LogP contribution in [0, 0.1) is 0 Å². The molecule has 6 nitrogen and oxygen atoms in total. The molecule has 0 radical (unpaired) electrons. The minimum atomic E-state index is -0.278. The van der Waals surface area contributed by atoms with Gasteiger partial charge in [0.2, 0.25) is 0 Å². The number of para-hydroxylation sites is 1. The molecular formula is C17H22N2O4. The van der Waals surface area contributed by atoms with E-state index >= 15 is 0 Å². The summed E-state index contributed by atoms with van der Waals surface area (Å²) < 4.78 is 5.36. The number of nitrogens with one attached hydrogen (secondary N) is 1. The second-order valence-corrected chi connectivity index (χ2v) is 5.67. The number of rotatable bonds is 6. The summed E-state index contributed by atoms with van der Waals surface area (Å²) in [5, 5.41) is 13.3. The fourth-order valence-corrected chi connectivity index (χ4v) is 2.18. The smallest absolute Gasteiger partial charge is 0.257 e. The summed E-state index contributed by atoms with van der Waals surface area (Å²) in [4.78, 5) is 25.6. The number of carbonyl (C=O) groups is 2. The number of Topliss-reactive ketones (excluding diaryl/α,β-unsaturated/α-hetero) is 1. The summed E-state index contributed by atoms with van der Waals surface area (Å²) in [5.41, 5.74) is 0.841. The number of amides is 1. The van der Waals surface area contributed by atoms with E-state index in [2.05, 4.69) is 5.32 Å². The summed E-state index contributed by atoms with van der Waals surface area (Å²) in [7, 11) is 1.68. The first kappa shape index (κ1) is 16.9. The third-order valence-electron chi connectivity index (χ3n) is 3.82. The lowest BCUT2D eigenvalue weighted by Crippen LogP contribution is -2.33. The van der Waals surface area contributed by atoms with E-state index in [0.717, 1.165) is 0 Å². The van der Waals surface area contributed by atoms with E-state index in [0.29, 0.717) is 23.8 Å². The first-order chi connectivity index (χ1) is 10.9. The SMILES string of the molecule is CCOC1=C(Nc2cccc(C(=O)N(C)C(C)C)c2O)C(=O)C1. The largest absolute Gasteiger partial charge is 0.505 e. The number of nitrogens with zero attached hydrogens (tertiary/aromatic N) is 1. The number of phenolic OH excluding ortho intramolecular Hbond substituents is 1. The quantitative estimate of drug-likeness (QED) is 0.788. The van der Waals surface area contributed by atoms with Crippen molar-refractivity contribution >= 4 is 17.4 Å². The molecule has 0 bridgehead atoms. The van der Waals surface area contributed by atoms with Crippen LogP contribution < -0.4 is 5.32 Å². The van der Waals surface area contributed by atoms with Crippen LogP contribution in [0.5, 0.6) is 5.75 Å². The average molecular weight is 318 g/mol. The Morgan fingerprint density at radius 2 is 2.13 bits per heavy atom. The number of carbonyl (C=O) groups excluding carboxylic acids is 2. The lowest BCUT2D eigenvalue weighted by atomic mass is 10.0. The van der Waals surface area contributed by atoms with Gasteiger partial charge in [-0.15, -0.1) is 0 Å². The number of allylic oxidation sites excluding steroid dienone is 2. The molecule has 6 heteroatoms. The Kier molecular flexibility index (Phi) is 4.93. The molecule has 1 aliphatic carbocycles. The van der Waals surface area contributed by atoms with Gasteiger partial charge in [0.1, 0.15) is 11.5 Å². The number of benzene rings is 1. The zero-order valence-electron chi connectivity index (χ0n) is 13.8. The molecule has 0 spiro atoms. The second kappa shape index (κ2) is 6.73. The van der Waals surface area contributed by atoms with Gasteiger partial charge in [-0.25, -0.2) is 0 Å². The summed E-state index contributed by atoms with van der Waals surface area (Å²) in [6.07, 6.45) is 0.256. The number of ketones is 1. The molecule has 0 atom stereocenters. The molecule has 1 aromatic carbocycles. The van der Waals surface area contributed by atoms with Crippen LogP contribution in [0.1, 0.15) is 37.6 Å². The minimum Gasteiger partial charge on any atom is -0.505 e. The molecule has 0 saturated carbocycles. The highest BCUT2D eigenvalue weighted by Gasteiger charge is 2.30. The van der Waals surface area contributed by atoms with Gasteiger partial charge in [-0.3, -0.25) is 9.59 Å². The Hall–Kier alpha value is -2.50. The van der Waals surface area contributed by atoms with Crippen LogP contribution in [0.3, 0.4) is 0 Å². The van der Waals surface area contributed by atoms with E-state index in [-0.39, 0.29) is 35.5 Å². The maximum Gasteiger partial charge on any atom is 0.257 e. The first-order valence-electron chi connectivity index (χ1n) is 7.62. The van der Waals surface area contributed by atoms with Crippen molar-refractivity contribution in [1.82, 2.24) is 4.90 Å². The van der Waals surface area contributed by atoms with Crippen LogP contribution in [0.25, 0.3) is 0 Å². The summed E-state index contributed by atoms with van der Waals surface area (Å²) in [6.45, 7) is 6.09. The molecular weight excluding hydrogens is 296 g/mol. The van der Waals surface area contributed by atoms with Crippen molar-refractivity contribution in [1.29, 1.82) is 0 Å². The zero-order valence-corrected chi connectivity index (χ0v) is 13.8. The van der Waals surface area contributed by atoms with Gasteiger partial charge in [0.15, 0.2) is 11.5 Å². The second-order valence-electron chi connectivity index (χ2n) is 5.67. The first-order valence-corrected chi connectivity index (χ1v) is 7.62. The number of hydrogen-bond donors (Lipinski definition) is 2. The zero-order chi connectivity index (χ0) is 17.1. The molecule has 0 saturated heterocycles. The van der Waals surface area contributed by atoms with Crippen molar-refractivity contribution in [2.24, 2.45) is 0 Å². The summed E-state index contributed by atoms with van der Waals surface area (Å²) in [6, 6.07) is 4.85. The van der Waals surface area contributed by atoms with Gasteiger partial charge in [-0.2, -0.15) is 0 Å². The predicted molar refractivity (Wildman–Crippen MR) is 87.2 cm³/mol. The molecule has 0 unspecified atom stereocenters. The fraction of sp³-hybridized carbons (Fsp3) is 0.412. The number of aromatic hydroxyl groups is 1. The van der Waals surface area contributed by atoms with Gasteiger partial charge in [-0.05, 0) is 32.9 Å². The highest BCUT2D eigenvalue weighted by atomic mass is 16.5. The molecule has 1 aliphatic rings. The van der Waals surface area contributed by atoms with Crippen LogP contribution in [0.4, 0.5) is 5.69 Å². The summed E-state index contributed by atoms with van der Waals surface area (Å²) in [5.74, 6) is 0.0463. The van der Waals surface area contributed by atoms with Gasteiger partial charge in [-0.1, -0.05) is 6.07 Å². The molecule has 2 rings (SSSR count). The van der Waals surface area contributed by atoms with Gasteiger partial charge >= 0.3 is 0 Å². The number of hydrogen-bond acceptors (Lipinski definition) is 5. The molecule has 1 amide bonds. The van der Waals surface area contributed by atoms with Crippen LogP contribution in [-0.4, -0.2) is 41.4 Å². The lowest BCUT2D eigenvalue weighted by molar-refractivity contribution is -0.118. The lowest BCUT2D eigenvalue weighted by Gasteiger charge is -2.25. The highest BCUT2D eigenvalue weighted by Crippen LogP contribution is 2.33. The molecule has 23 heavy (non-hydrogen) atoms. The number of phenols is 1. The number of anilines is 1. The molecule has 124 valence electrons. The Balaban J connectivity index is 2.29. The van der Waals surface area contributed by atoms with Crippen molar-refractivity contribution in [3.8, 4) is 5.75 Å². The van der Waals surface area contributed by atoms with Crippen LogP contribution >= 0.6 is 0 Å². The van der Waals surface area contributed by atoms with Crippen molar-refractivity contribution in [3.63, 3.8) is 0 Å². The van der Waals surface area contributed by atoms with E-state index in [4.69, 9.17) is 4.74 Å². The maximum absolute atomic E-state index is 12.4. The molecule has 0 aromatic heterocycles. The third kappa shape index (κ3) is 3.31. The number of ether oxygens (including phenoxy) is 1. The third-order valence-corrected chi connectivity index (χ3v) is 3.82. The van der Waals surface area contributed by atoms with Gasteiger partial charge in [0.25, 0.3) is 5.91 Å². The van der Waals surface area contributed by atoms with Gasteiger partial charge in [0.05, 0.1) is 24.3 Å². The Morgan fingerprint density at radius 1 is 1.43 bits per heavy atom. The Morgan fingerprint density at radius 3 is 2.70 bits per heavy atom. The van der Waals surface area contributed by atoms with Crippen LogP contribution in [-0.2, 0) is 9.53 Å². The van der Waals surface area contributed by atoms with E-state index in [1.54, 1.807) is 25.2 Å². The van der Waals surface area contributed by atoms with Crippen LogP contribution in [0.2, 0.25) is 0 Å². The van der Waals surface area contributed by atoms with Gasteiger partial charge < -0.3 is 20.1 Å². The summed E-state index contributed by atoms with van der Waals surface area (Å²) >= 11 is 0. The normalized spacial score (nSPS) is 13.9. The van der Waals surface area contributed by atoms with E-state index in [9.17, 15) is 14.7 Å². The molecule has 0 heterocycles. The topological polar surface area (TPSA) is 78.9 Å². The average Bonchev–Trinajstić information content (AvgIpc) is 2.52. The maximum atomic E-state index is 12.4. The van der Waals surface area contributed by atoms with Crippen molar-refractivity contribution in [2.45, 2.75) is 33.2 Å². The fourth-order valence-electron chi connectivity index (χ4n) is 2.18.